The summed E-state index contributed by atoms with van der Waals surface area (Å²) in [6, 6.07) is 4.12. The summed E-state index contributed by atoms with van der Waals surface area (Å²) in [6.07, 6.45) is 4.11. The summed E-state index contributed by atoms with van der Waals surface area (Å²) in [4.78, 5) is 4.68. The predicted octanol–water partition coefficient (Wildman–Crippen LogP) is 3.85. The maximum Gasteiger partial charge on any atom is 0.206 e. The number of fused-ring (bicyclic) bond motifs is 1. The topological polar surface area (TPSA) is 55.1 Å². The standard InChI is InChI=1S/C15H19N5S2/c1-10(2)7-16-14-18-19-15(22-14)21-9-12-8-20-6-4-5-11(3)13(20)17-12/h4-6,8,10H,7,9H2,1-3H3,(H,16,18). The number of aromatic nitrogens is 4. The lowest BCUT2D eigenvalue weighted by atomic mass is 10.2. The SMILES string of the molecule is Cc1cccn2cc(CSc3nnc(NCC(C)C)s3)nc12. The number of hydrogen-bond donors (Lipinski definition) is 1. The average Bonchev–Trinajstić information content (AvgIpc) is 3.10. The van der Waals surface area contributed by atoms with E-state index in [1.54, 1.807) is 23.1 Å². The van der Waals surface area contributed by atoms with E-state index in [1.165, 1.54) is 5.56 Å². The van der Waals surface area contributed by atoms with Gasteiger partial charge in [0.1, 0.15) is 5.65 Å². The minimum Gasteiger partial charge on any atom is -0.360 e. The summed E-state index contributed by atoms with van der Waals surface area (Å²) in [5.74, 6) is 1.40. The third-order valence-electron chi connectivity index (χ3n) is 3.14. The Morgan fingerprint density at radius 1 is 1.36 bits per heavy atom. The number of rotatable bonds is 6. The normalized spacial score (nSPS) is 11.5. The number of aryl methyl sites for hydroxylation is 1. The van der Waals surface area contributed by atoms with Gasteiger partial charge in [0.25, 0.3) is 0 Å². The van der Waals surface area contributed by atoms with Gasteiger partial charge in [-0.15, -0.1) is 10.2 Å². The molecule has 0 saturated carbocycles. The molecule has 3 heterocycles. The molecule has 1 N–H and O–H groups in total. The first-order valence-corrected chi connectivity index (χ1v) is 9.05. The molecular formula is C15H19N5S2. The molecule has 3 aromatic heterocycles. The zero-order valence-corrected chi connectivity index (χ0v) is 14.5. The van der Waals surface area contributed by atoms with Crippen molar-refractivity contribution in [2.75, 3.05) is 11.9 Å². The highest BCUT2D eigenvalue weighted by molar-refractivity contribution is 8.00. The van der Waals surface area contributed by atoms with Gasteiger partial charge in [0.05, 0.1) is 5.69 Å². The molecule has 0 saturated heterocycles. The highest BCUT2D eigenvalue weighted by Crippen LogP contribution is 2.28. The van der Waals surface area contributed by atoms with Crippen LogP contribution in [0.1, 0.15) is 25.1 Å². The van der Waals surface area contributed by atoms with Gasteiger partial charge in [0.15, 0.2) is 4.34 Å². The summed E-state index contributed by atoms with van der Waals surface area (Å²) in [6.45, 7) is 7.35. The minimum atomic E-state index is 0.598. The van der Waals surface area contributed by atoms with Crippen molar-refractivity contribution in [2.24, 2.45) is 5.92 Å². The molecule has 0 fully saturated rings. The van der Waals surface area contributed by atoms with E-state index in [2.05, 4.69) is 57.9 Å². The first kappa shape index (κ1) is 15.3. The van der Waals surface area contributed by atoms with Crippen LogP contribution in [0.3, 0.4) is 0 Å². The molecule has 0 radical (unpaired) electrons. The van der Waals surface area contributed by atoms with Gasteiger partial charge in [-0.2, -0.15) is 0 Å². The molecule has 0 bridgehead atoms. The Balaban J connectivity index is 1.63. The molecule has 116 valence electrons. The number of anilines is 1. The molecule has 3 aromatic rings. The van der Waals surface area contributed by atoms with E-state index in [0.717, 1.165) is 33.1 Å². The van der Waals surface area contributed by atoms with E-state index in [1.807, 2.05) is 12.3 Å². The smallest absolute Gasteiger partial charge is 0.206 e. The number of nitrogens with one attached hydrogen (secondary N) is 1. The Kier molecular flexibility index (Phi) is 4.63. The van der Waals surface area contributed by atoms with E-state index < -0.39 is 0 Å². The van der Waals surface area contributed by atoms with Crippen LogP contribution in [-0.4, -0.2) is 26.1 Å². The fraction of sp³-hybridized carbons (Fsp3) is 0.400. The maximum atomic E-state index is 4.68. The maximum absolute atomic E-state index is 4.68. The molecule has 0 aliphatic carbocycles. The third-order valence-corrected chi connectivity index (χ3v) is 5.19. The highest BCUT2D eigenvalue weighted by atomic mass is 32.2. The van der Waals surface area contributed by atoms with Crippen LogP contribution in [0, 0.1) is 12.8 Å². The van der Waals surface area contributed by atoms with Crippen molar-refractivity contribution >= 4 is 33.9 Å². The van der Waals surface area contributed by atoms with Crippen molar-refractivity contribution in [2.45, 2.75) is 30.9 Å². The lowest BCUT2D eigenvalue weighted by molar-refractivity contribution is 0.687. The van der Waals surface area contributed by atoms with Crippen LogP contribution >= 0.6 is 23.1 Å². The van der Waals surface area contributed by atoms with Gasteiger partial charge in [-0.25, -0.2) is 4.98 Å². The molecule has 0 aromatic carbocycles. The largest absolute Gasteiger partial charge is 0.360 e. The van der Waals surface area contributed by atoms with Crippen LogP contribution in [0.25, 0.3) is 5.65 Å². The van der Waals surface area contributed by atoms with E-state index in [-0.39, 0.29) is 0 Å². The molecule has 0 amide bonds. The fourth-order valence-electron chi connectivity index (χ4n) is 2.04. The number of thioether (sulfide) groups is 1. The second kappa shape index (κ2) is 6.66. The lowest BCUT2D eigenvalue weighted by Crippen LogP contribution is -2.07. The van der Waals surface area contributed by atoms with Gasteiger partial charge in [0.2, 0.25) is 5.13 Å². The van der Waals surface area contributed by atoms with Gasteiger partial charge in [-0.3, -0.25) is 0 Å². The van der Waals surface area contributed by atoms with Crippen LogP contribution in [0.4, 0.5) is 5.13 Å². The van der Waals surface area contributed by atoms with Crippen molar-refractivity contribution in [3.63, 3.8) is 0 Å². The first-order valence-electron chi connectivity index (χ1n) is 7.25. The van der Waals surface area contributed by atoms with E-state index in [9.17, 15) is 0 Å². The van der Waals surface area contributed by atoms with Gasteiger partial charge >= 0.3 is 0 Å². The first-order chi connectivity index (χ1) is 10.6. The van der Waals surface area contributed by atoms with E-state index in [4.69, 9.17) is 0 Å². The molecule has 22 heavy (non-hydrogen) atoms. The van der Waals surface area contributed by atoms with Crippen LogP contribution < -0.4 is 5.32 Å². The average molecular weight is 333 g/mol. The Bertz CT molecular complexity index is 762. The van der Waals surface area contributed by atoms with E-state index in [0.29, 0.717) is 5.92 Å². The second-order valence-corrected chi connectivity index (χ2v) is 7.79. The second-order valence-electron chi connectivity index (χ2n) is 5.59. The molecule has 0 spiro atoms. The Labute approximate surface area is 138 Å². The molecule has 5 nitrogen and oxygen atoms in total. The summed E-state index contributed by atoms with van der Waals surface area (Å²) in [7, 11) is 0. The molecule has 3 rings (SSSR count). The number of hydrogen-bond acceptors (Lipinski definition) is 6. The van der Waals surface area contributed by atoms with Crippen molar-refractivity contribution in [1.29, 1.82) is 0 Å². The summed E-state index contributed by atoms with van der Waals surface area (Å²) in [5.41, 5.74) is 3.27. The predicted molar refractivity (Wildman–Crippen MR) is 92.7 cm³/mol. The molecular weight excluding hydrogens is 314 g/mol. The summed E-state index contributed by atoms with van der Waals surface area (Å²) >= 11 is 3.28. The monoisotopic (exact) mass is 333 g/mol. The summed E-state index contributed by atoms with van der Waals surface area (Å²) < 4.78 is 3.04. The van der Waals surface area contributed by atoms with Crippen LogP contribution in [0.15, 0.2) is 28.9 Å². The fourth-order valence-corrected chi connectivity index (χ4v) is 3.68. The van der Waals surface area contributed by atoms with Gasteiger partial charge < -0.3 is 9.72 Å². The molecule has 7 heteroatoms. The van der Waals surface area contributed by atoms with Crippen molar-refractivity contribution < 1.29 is 0 Å². The minimum absolute atomic E-state index is 0.598. The lowest BCUT2D eigenvalue weighted by Gasteiger charge is -2.03. The quantitative estimate of drug-likeness (QED) is 0.694. The molecule has 0 atom stereocenters. The van der Waals surface area contributed by atoms with Crippen molar-refractivity contribution in [1.82, 2.24) is 19.6 Å². The molecule has 0 aliphatic heterocycles. The number of imidazole rings is 1. The van der Waals surface area contributed by atoms with Crippen LogP contribution in [0.2, 0.25) is 0 Å². The van der Waals surface area contributed by atoms with Crippen molar-refractivity contribution in [3.05, 3.63) is 35.8 Å². The number of pyridine rings is 1. The highest BCUT2D eigenvalue weighted by Gasteiger charge is 2.08. The van der Waals surface area contributed by atoms with Crippen LogP contribution in [0.5, 0.6) is 0 Å². The zero-order valence-electron chi connectivity index (χ0n) is 12.9. The zero-order chi connectivity index (χ0) is 15.5. The third kappa shape index (κ3) is 3.59. The van der Waals surface area contributed by atoms with Gasteiger partial charge in [-0.1, -0.05) is 43.0 Å². The van der Waals surface area contributed by atoms with E-state index >= 15 is 0 Å². The van der Waals surface area contributed by atoms with Crippen molar-refractivity contribution in [3.8, 4) is 0 Å². The Morgan fingerprint density at radius 2 is 2.23 bits per heavy atom. The van der Waals surface area contributed by atoms with Gasteiger partial charge in [-0.05, 0) is 24.5 Å². The molecule has 0 aliphatic rings. The summed E-state index contributed by atoms with van der Waals surface area (Å²) in [5, 5.41) is 12.6. The molecule has 0 unspecified atom stereocenters. The van der Waals surface area contributed by atoms with Gasteiger partial charge in [0, 0.05) is 24.7 Å². The Hall–Kier alpha value is -1.60. The number of nitrogens with zero attached hydrogens (tertiary/aromatic N) is 4. The van der Waals surface area contributed by atoms with Crippen LogP contribution in [-0.2, 0) is 5.75 Å². The Morgan fingerprint density at radius 3 is 3.00 bits per heavy atom.